The second kappa shape index (κ2) is 5.08. The smallest absolute Gasteiger partial charge is 0.193 e. The highest BCUT2D eigenvalue weighted by atomic mass is 15.1. The Hall–Kier alpha value is -1.06. The highest BCUT2D eigenvalue weighted by molar-refractivity contribution is 5.88. The predicted octanol–water partition coefficient (Wildman–Crippen LogP) is -0.431. The molecule has 0 saturated heterocycles. The molecule has 0 aromatic carbocycles. The molecule has 4 nitrogen and oxygen atoms in total. The maximum Gasteiger partial charge on any atom is 0.193 e. The molecule has 0 aromatic rings. The SMILES string of the molecule is CCN=CNC(N)=NC. The lowest BCUT2D eigenvalue weighted by Crippen LogP contribution is -2.29. The summed E-state index contributed by atoms with van der Waals surface area (Å²) in [7, 11) is 1.61. The van der Waals surface area contributed by atoms with Crippen LogP contribution < -0.4 is 11.1 Å². The van der Waals surface area contributed by atoms with Gasteiger partial charge in [-0.1, -0.05) is 0 Å². The van der Waals surface area contributed by atoms with Crippen LogP contribution in [0.1, 0.15) is 6.92 Å². The molecule has 0 unspecified atom stereocenters. The van der Waals surface area contributed by atoms with Gasteiger partial charge in [-0.05, 0) is 6.92 Å². The molecular weight excluding hydrogens is 116 g/mol. The van der Waals surface area contributed by atoms with Crippen LogP contribution in [0.15, 0.2) is 9.98 Å². The molecule has 0 aromatic heterocycles. The van der Waals surface area contributed by atoms with Gasteiger partial charge in [0.05, 0.1) is 6.34 Å². The largest absolute Gasteiger partial charge is 0.370 e. The first-order chi connectivity index (χ1) is 4.31. The number of nitrogens with two attached hydrogens (primary N) is 1. The van der Waals surface area contributed by atoms with Gasteiger partial charge in [0.1, 0.15) is 0 Å². The summed E-state index contributed by atoms with van der Waals surface area (Å²) in [4.78, 5) is 7.52. The Morgan fingerprint density at radius 2 is 2.44 bits per heavy atom. The van der Waals surface area contributed by atoms with Crippen LogP contribution in [0.2, 0.25) is 0 Å². The molecular formula is C5H12N4. The van der Waals surface area contributed by atoms with Gasteiger partial charge in [0.25, 0.3) is 0 Å². The van der Waals surface area contributed by atoms with Crippen LogP contribution in [0.25, 0.3) is 0 Å². The van der Waals surface area contributed by atoms with Crippen molar-refractivity contribution in [2.45, 2.75) is 6.92 Å². The minimum Gasteiger partial charge on any atom is -0.370 e. The average molecular weight is 128 g/mol. The molecule has 0 aliphatic carbocycles. The van der Waals surface area contributed by atoms with Crippen LogP contribution in [0, 0.1) is 0 Å². The van der Waals surface area contributed by atoms with Gasteiger partial charge in [-0.2, -0.15) is 0 Å². The zero-order valence-electron chi connectivity index (χ0n) is 5.76. The molecule has 0 fully saturated rings. The first-order valence-electron chi connectivity index (χ1n) is 2.78. The quantitative estimate of drug-likeness (QED) is 0.391. The third-order valence-electron chi connectivity index (χ3n) is 0.727. The molecule has 52 valence electrons. The number of guanidine groups is 1. The van der Waals surface area contributed by atoms with E-state index >= 15 is 0 Å². The first-order valence-corrected chi connectivity index (χ1v) is 2.78. The van der Waals surface area contributed by atoms with Crippen LogP contribution in [-0.2, 0) is 0 Å². The van der Waals surface area contributed by atoms with Crippen molar-refractivity contribution in [1.29, 1.82) is 0 Å². The van der Waals surface area contributed by atoms with Gasteiger partial charge in [-0.25, -0.2) is 0 Å². The maximum atomic E-state index is 5.26. The van der Waals surface area contributed by atoms with Crippen molar-refractivity contribution in [3.8, 4) is 0 Å². The van der Waals surface area contributed by atoms with E-state index in [0.29, 0.717) is 5.96 Å². The minimum absolute atomic E-state index is 0.382. The molecule has 0 rings (SSSR count). The summed E-state index contributed by atoms with van der Waals surface area (Å²) in [5.41, 5.74) is 5.26. The molecule has 0 atom stereocenters. The monoisotopic (exact) mass is 128 g/mol. The molecule has 0 saturated carbocycles. The second-order valence-corrected chi connectivity index (χ2v) is 1.38. The van der Waals surface area contributed by atoms with E-state index in [1.165, 1.54) is 6.34 Å². The van der Waals surface area contributed by atoms with Crippen LogP contribution in [0.5, 0.6) is 0 Å². The van der Waals surface area contributed by atoms with Gasteiger partial charge in [0.2, 0.25) is 0 Å². The Morgan fingerprint density at radius 1 is 1.78 bits per heavy atom. The Kier molecular flexibility index (Phi) is 4.49. The van der Waals surface area contributed by atoms with Crippen molar-refractivity contribution in [2.24, 2.45) is 15.7 Å². The van der Waals surface area contributed by atoms with Gasteiger partial charge in [0, 0.05) is 13.6 Å². The molecule has 4 heteroatoms. The van der Waals surface area contributed by atoms with Gasteiger partial charge in [-0.15, -0.1) is 0 Å². The van der Waals surface area contributed by atoms with E-state index in [0.717, 1.165) is 6.54 Å². The van der Waals surface area contributed by atoms with Crippen LogP contribution >= 0.6 is 0 Å². The van der Waals surface area contributed by atoms with E-state index in [1.54, 1.807) is 7.05 Å². The highest BCUT2D eigenvalue weighted by Crippen LogP contribution is 1.59. The fourth-order valence-corrected chi connectivity index (χ4v) is 0.268. The van der Waals surface area contributed by atoms with Gasteiger partial charge in [-0.3, -0.25) is 9.98 Å². The van der Waals surface area contributed by atoms with Crippen molar-refractivity contribution >= 4 is 12.3 Å². The summed E-state index contributed by atoms with van der Waals surface area (Å²) in [6.45, 7) is 2.70. The Labute approximate surface area is 54.9 Å². The number of hydrogen-bond donors (Lipinski definition) is 2. The Morgan fingerprint density at radius 3 is 2.89 bits per heavy atom. The van der Waals surface area contributed by atoms with E-state index in [2.05, 4.69) is 15.3 Å². The zero-order valence-corrected chi connectivity index (χ0v) is 5.76. The molecule has 0 radical (unpaired) electrons. The van der Waals surface area contributed by atoms with Crippen LogP contribution in [-0.4, -0.2) is 25.9 Å². The summed E-state index contributed by atoms with van der Waals surface area (Å²) in [5.74, 6) is 0.382. The van der Waals surface area contributed by atoms with Gasteiger partial charge in [0.15, 0.2) is 5.96 Å². The summed E-state index contributed by atoms with van der Waals surface area (Å²) in [6.07, 6.45) is 1.53. The minimum atomic E-state index is 0.382. The van der Waals surface area contributed by atoms with Crippen molar-refractivity contribution < 1.29 is 0 Å². The van der Waals surface area contributed by atoms with Crippen molar-refractivity contribution in [3.63, 3.8) is 0 Å². The van der Waals surface area contributed by atoms with Gasteiger partial charge >= 0.3 is 0 Å². The molecule has 0 amide bonds. The first kappa shape index (κ1) is 7.94. The van der Waals surface area contributed by atoms with E-state index in [9.17, 15) is 0 Å². The van der Waals surface area contributed by atoms with E-state index in [1.807, 2.05) is 6.92 Å². The predicted molar refractivity (Wildman–Crippen MR) is 39.7 cm³/mol. The van der Waals surface area contributed by atoms with E-state index in [-0.39, 0.29) is 0 Å². The highest BCUT2D eigenvalue weighted by Gasteiger charge is 1.78. The van der Waals surface area contributed by atoms with Crippen LogP contribution in [0.3, 0.4) is 0 Å². The van der Waals surface area contributed by atoms with Gasteiger partial charge < -0.3 is 11.1 Å². The second-order valence-electron chi connectivity index (χ2n) is 1.38. The third kappa shape index (κ3) is 4.80. The number of nitrogens with zero attached hydrogens (tertiary/aromatic N) is 2. The third-order valence-corrected chi connectivity index (χ3v) is 0.727. The summed E-state index contributed by atoms with van der Waals surface area (Å²) in [6, 6.07) is 0. The number of nitrogens with one attached hydrogen (secondary N) is 1. The lowest BCUT2D eigenvalue weighted by atomic mass is 10.8. The Balaban J connectivity index is 3.38. The standard InChI is InChI=1S/C5H12N4/c1-3-8-4-9-5(6)7-2/h4H,3H2,1-2H3,(H3,6,7,8,9). The maximum absolute atomic E-state index is 5.26. The summed E-state index contributed by atoms with van der Waals surface area (Å²) in [5, 5.41) is 2.67. The van der Waals surface area contributed by atoms with Crippen molar-refractivity contribution in [3.05, 3.63) is 0 Å². The molecule has 9 heavy (non-hydrogen) atoms. The summed E-state index contributed by atoms with van der Waals surface area (Å²) >= 11 is 0. The van der Waals surface area contributed by atoms with E-state index < -0.39 is 0 Å². The number of rotatable bonds is 2. The lowest BCUT2D eigenvalue weighted by molar-refractivity contribution is 1.12. The van der Waals surface area contributed by atoms with Crippen molar-refractivity contribution in [2.75, 3.05) is 13.6 Å². The number of hydrogen-bond acceptors (Lipinski definition) is 2. The molecule has 0 aliphatic rings. The van der Waals surface area contributed by atoms with E-state index in [4.69, 9.17) is 5.73 Å². The Bertz CT molecular complexity index is 116. The number of aliphatic imine (C=N–C) groups is 2. The van der Waals surface area contributed by atoms with Crippen LogP contribution in [0.4, 0.5) is 0 Å². The molecule has 0 aliphatic heterocycles. The summed E-state index contributed by atoms with van der Waals surface area (Å²) < 4.78 is 0. The normalized spacial score (nSPS) is 12.4. The van der Waals surface area contributed by atoms with Crippen molar-refractivity contribution in [1.82, 2.24) is 5.32 Å². The molecule has 0 bridgehead atoms. The molecule has 0 spiro atoms. The molecule has 3 N–H and O–H groups in total. The average Bonchev–Trinajstić information content (AvgIpc) is 1.89. The molecule has 0 heterocycles. The topological polar surface area (TPSA) is 62.8 Å². The lowest BCUT2D eigenvalue weighted by Gasteiger charge is -1.93. The zero-order chi connectivity index (χ0) is 7.11. The fourth-order valence-electron chi connectivity index (χ4n) is 0.268. The fraction of sp³-hybridized carbons (Fsp3) is 0.600.